The van der Waals surface area contributed by atoms with Crippen LogP contribution >= 0.6 is 0 Å². The lowest BCUT2D eigenvalue weighted by Crippen LogP contribution is -2.06. The van der Waals surface area contributed by atoms with E-state index in [2.05, 4.69) is 0 Å². The van der Waals surface area contributed by atoms with Gasteiger partial charge in [0.15, 0.2) is 5.43 Å². The van der Waals surface area contributed by atoms with E-state index >= 15 is 0 Å². The SMILES string of the molecule is O=c1cc(-c2ccccc2)oc2cc(OCc3ccc(F)cc3)cc(OCc3ccc(F)cc3)c12. The summed E-state index contributed by atoms with van der Waals surface area (Å²) in [6.07, 6.45) is 0. The lowest BCUT2D eigenvalue weighted by molar-refractivity contribution is 0.292. The van der Waals surface area contributed by atoms with Crippen molar-refractivity contribution >= 4 is 11.0 Å². The Hall–Kier alpha value is -4.45. The lowest BCUT2D eigenvalue weighted by Gasteiger charge is -2.13. The molecule has 0 radical (unpaired) electrons. The van der Waals surface area contributed by atoms with Gasteiger partial charge in [-0.3, -0.25) is 4.79 Å². The zero-order chi connectivity index (χ0) is 24.2. The number of fused-ring (bicyclic) bond motifs is 1. The van der Waals surface area contributed by atoms with Crippen LogP contribution in [0.25, 0.3) is 22.3 Å². The fourth-order valence-electron chi connectivity index (χ4n) is 3.66. The highest BCUT2D eigenvalue weighted by Crippen LogP contribution is 2.33. The average molecular weight is 470 g/mol. The largest absolute Gasteiger partial charge is 0.489 e. The third kappa shape index (κ3) is 5.22. The van der Waals surface area contributed by atoms with Gasteiger partial charge in [-0.2, -0.15) is 0 Å². The van der Waals surface area contributed by atoms with Gasteiger partial charge in [-0.15, -0.1) is 0 Å². The minimum atomic E-state index is -0.343. The van der Waals surface area contributed by atoms with E-state index < -0.39 is 0 Å². The molecule has 35 heavy (non-hydrogen) atoms. The molecule has 174 valence electrons. The molecule has 0 saturated heterocycles. The predicted molar refractivity (Wildman–Crippen MR) is 129 cm³/mol. The van der Waals surface area contributed by atoms with E-state index in [0.717, 1.165) is 16.7 Å². The molecule has 0 aliphatic carbocycles. The molecule has 0 spiro atoms. The van der Waals surface area contributed by atoms with Crippen LogP contribution in [0.2, 0.25) is 0 Å². The van der Waals surface area contributed by atoms with Crippen molar-refractivity contribution in [1.29, 1.82) is 0 Å². The Morgan fingerprint density at radius 1 is 0.686 bits per heavy atom. The fraction of sp³-hybridized carbons (Fsp3) is 0.0690. The van der Waals surface area contributed by atoms with Crippen LogP contribution in [0, 0.1) is 11.6 Å². The van der Waals surface area contributed by atoms with Gasteiger partial charge in [0.1, 0.15) is 53.1 Å². The summed E-state index contributed by atoms with van der Waals surface area (Å²) in [6, 6.07) is 25.9. The van der Waals surface area contributed by atoms with E-state index in [9.17, 15) is 13.6 Å². The third-order valence-corrected chi connectivity index (χ3v) is 5.45. The lowest BCUT2D eigenvalue weighted by atomic mass is 10.1. The molecule has 1 heterocycles. The Labute approximate surface area is 200 Å². The van der Waals surface area contributed by atoms with Gasteiger partial charge in [-0.05, 0) is 35.4 Å². The fourth-order valence-corrected chi connectivity index (χ4v) is 3.66. The van der Waals surface area contributed by atoms with Gasteiger partial charge in [0.2, 0.25) is 0 Å². The smallest absolute Gasteiger partial charge is 0.197 e. The van der Waals surface area contributed by atoms with Crippen molar-refractivity contribution < 1.29 is 22.7 Å². The number of halogens is 2. The standard InChI is InChI=1S/C29H20F2O4/c30-22-10-6-19(7-11-22)17-33-24-14-27(34-18-20-8-12-23(31)13-9-20)29-25(32)16-26(35-28(29)15-24)21-4-2-1-3-5-21/h1-16H,17-18H2. The molecular formula is C29H20F2O4. The molecule has 0 aliphatic rings. The molecule has 4 aromatic carbocycles. The van der Waals surface area contributed by atoms with Crippen LogP contribution < -0.4 is 14.9 Å². The van der Waals surface area contributed by atoms with Crippen molar-refractivity contribution in [1.82, 2.24) is 0 Å². The molecule has 0 amide bonds. The second kappa shape index (κ2) is 9.81. The summed E-state index contributed by atoms with van der Waals surface area (Å²) in [7, 11) is 0. The maximum atomic E-state index is 13.3. The van der Waals surface area contributed by atoms with Crippen LogP contribution in [-0.2, 0) is 13.2 Å². The molecule has 6 heteroatoms. The Morgan fingerprint density at radius 3 is 1.91 bits per heavy atom. The maximum absolute atomic E-state index is 13.3. The summed E-state index contributed by atoms with van der Waals surface area (Å²) in [4.78, 5) is 13.1. The van der Waals surface area contributed by atoms with Crippen LogP contribution in [0.3, 0.4) is 0 Å². The number of ether oxygens (including phenoxy) is 2. The first-order chi connectivity index (χ1) is 17.0. The van der Waals surface area contributed by atoms with Gasteiger partial charge < -0.3 is 13.9 Å². The topological polar surface area (TPSA) is 48.7 Å². The van der Waals surface area contributed by atoms with E-state index in [0.29, 0.717) is 17.1 Å². The average Bonchev–Trinajstić information content (AvgIpc) is 2.88. The molecule has 0 saturated carbocycles. The van der Waals surface area contributed by atoms with Gasteiger partial charge in [-0.25, -0.2) is 8.78 Å². The Balaban J connectivity index is 1.52. The Bertz CT molecular complexity index is 1510. The van der Waals surface area contributed by atoms with Gasteiger partial charge in [0.05, 0.1) is 0 Å². The molecule has 0 bridgehead atoms. The zero-order valence-electron chi connectivity index (χ0n) is 18.5. The molecule has 0 unspecified atom stereocenters. The van der Waals surface area contributed by atoms with Gasteiger partial charge in [0, 0.05) is 23.8 Å². The molecule has 0 aliphatic heterocycles. The van der Waals surface area contributed by atoms with Crippen molar-refractivity contribution in [2.45, 2.75) is 13.2 Å². The van der Waals surface area contributed by atoms with E-state index in [4.69, 9.17) is 13.9 Å². The van der Waals surface area contributed by atoms with Gasteiger partial charge >= 0.3 is 0 Å². The van der Waals surface area contributed by atoms with Crippen molar-refractivity contribution in [3.63, 3.8) is 0 Å². The summed E-state index contributed by atoms with van der Waals surface area (Å²) in [5, 5.41) is 0.279. The normalized spacial score (nSPS) is 10.9. The van der Waals surface area contributed by atoms with Crippen LogP contribution in [-0.4, -0.2) is 0 Å². The zero-order valence-corrected chi connectivity index (χ0v) is 18.5. The third-order valence-electron chi connectivity index (χ3n) is 5.45. The van der Waals surface area contributed by atoms with Crippen molar-refractivity contribution in [2.75, 3.05) is 0 Å². The van der Waals surface area contributed by atoms with E-state index in [-0.39, 0.29) is 41.4 Å². The van der Waals surface area contributed by atoms with Crippen LogP contribution in [0.5, 0.6) is 11.5 Å². The van der Waals surface area contributed by atoms with Crippen molar-refractivity contribution in [3.8, 4) is 22.8 Å². The number of benzene rings is 4. The molecular weight excluding hydrogens is 450 g/mol. The van der Waals surface area contributed by atoms with Gasteiger partial charge in [-0.1, -0.05) is 54.6 Å². The molecule has 0 atom stereocenters. The van der Waals surface area contributed by atoms with Crippen LogP contribution in [0.15, 0.2) is 106 Å². The number of hydrogen-bond acceptors (Lipinski definition) is 4. The molecule has 5 aromatic rings. The summed E-state index contributed by atoms with van der Waals surface area (Å²) in [5.41, 5.74) is 2.33. The first-order valence-corrected chi connectivity index (χ1v) is 11.0. The van der Waals surface area contributed by atoms with Crippen molar-refractivity contribution in [3.05, 3.63) is 130 Å². The highest BCUT2D eigenvalue weighted by molar-refractivity contribution is 5.86. The van der Waals surface area contributed by atoms with E-state index in [1.807, 2.05) is 30.3 Å². The molecule has 0 fully saturated rings. The highest BCUT2D eigenvalue weighted by Gasteiger charge is 2.15. The van der Waals surface area contributed by atoms with E-state index in [1.54, 1.807) is 36.4 Å². The van der Waals surface area contributed by atoms with E-state index in [1.165, 1.54) is 30.3 Å². The highest BCUT2D eigenvalue weighted by atomic mass is 19.1. The number of rotatable bonds is 7. The van der Waals surface area contributed by atoms with Crippen molar-refractivity contribution in [2.24, 2.45) is 0 Å². The maximum Gasteiger partial charge on any atom is 0.197 e. The quantitative estimate of drug-likeness (QED) is 0.260. The second-order valence-electron chi connectivity index (χ2n) is 7.97. The minimum Gasteiger partial charge on any atom is -0.489 e. The minimum absolute atomic E-state index is 0.122. The summed E-state index contributed by atoms with van der Waals surface area (Å²) < 4.78 is 44.5. The Kier molecular flexibility index (Phi) is 6.26. The van der Waals surface area contributed by atoms with Crippen LogP contribution in [0.1, 0.15) is 11.1 Å². The van der Waals surface area contributed by atoms with Crippen LogP contribution in [0.4, 0.5) is 8.78 Å². The summed E-state index contributed by atoms with van der Waals surface area (Å²) in [6.45, 7) is 0.308. The molecule has 4 nitrogen and oxygen atoms in total. The molecule has 5 rings (SSSR count). The monoisotopic (exact) mass is 470 g/mol. The first-order valence-electron chi connectivity index (χ1n) is 11.0. The summed E-state index contributed by atoms with van der Waals surface area (Å²) >= 11 is 0. The van der Waals surface area contributed by atoms with Gasteiger partial charge in [0.25, 0.3) is 0 Å². The first kappa shape index (κ1) is 22.3. The molecule has 0 N–H and O–H groups in total. The predicted octanol–water partition coefficient (Wildman–Crippen LogP) is 6.90. The molecule has 1 aromatic heterocycles. The summed E-state index contributed by atoms with van der Waals surface area (Å²) in [5.74, 6) is 0.456. The Morgan fingerprint density at radius 2 is 1.29 bits per heavy atom. The number of hydrogen-bond donors (Lipinski definition) is 0. The second-order valence-corrected chi connectivity index (χ2v) is 7.97.